The van der Waals surface area contributed by atoms with Gasteiger partial charge in [-0.2, -0.15) is 0 Å². The Morgan fingerprint density at radius 1 is 1.14 bits per heavy atom. The van der Waals surface area contributed by atoms with Crippen LogP contribution in [0.15, 0.2) is 63.7 Å². The first-order chi connectivity index (χ1) is 10.1. The molecule has 3 rings (SSSR count). The number of carbonyl (C=O) groups excluding carboxylic acids is 1. The van der Waals surface area contributed by atoms with Crippen molar-refractivity contribution in [2.45, 2.75) is 0 Å². The lowest BCUT2D eigenvalue weighted by Crippen LogP contribution is -2.05. The van der Waals surface area contributed by atoms with Crippen molar-refractivity contribution in [2.75, 3.05) is 0 Å². The number of ether oxygens (including phenoxy) is 1. The lowest BCUT2D eigenvalue weighted by atomic mass is 10.2. The molecule has 104 valence electrons. The van der Waals surface area contributed by atoms with E-state index in [1.807, 2.05) is 24.3 Å². The quantitative estimate of drug-likeness (QED) is 0.610. The van der Waals surface area contributed by atoms with E-state index in [9.17, 15) is 9.18 Å². The third-order valence-corrected chi connectivity index (χ3v) is 3.61. The van der Waals surface area contributed by atoms with Crippen molar-refractivity contribution in [3.05, 3.63) is 75.6 Å². The molecule has 0 atom stereocenters. The van der Waals surface area contributed by atoms with E-state index in [2.05, 4.69) is 20.9 Å². The molecule has 0 aliphatic carbocycles. The summed E-state index contributed by atoms with van der Waals surface area (Å²) in [6.07, 6.45) is 1.62. The van der Waals surface area contributed by atoms with Gasteiger partial charge in [0.2, 0.25) is 5.90 Å². The number of hydrogen-bond donors (Lipinski definition) is 0. The topological polar surface area (TPSA) is 38.7 Å². The van der Waals surface area contributed by atoms with E-state index in [0.717, 1.165) is 10.0 Å². The molecule has 0 radical (unpaired) electrons. The predicted molar refractivity (Wildman–Crippen MR) is 81.1 cm³/mol. The maximum absolute atomic E-state index is 13.2. The first kappa shape index (κ1) is 13.7. The second-order valence-corrected chi connectivity index (χ2v) is 5.22. The van der Waals surface area contributed by atoms with E-state index in [1.165, 1.54) is 18.2 Å². The summed E-state index contributed by atoms with van der Waals surface area (Å²) >= 11 is 3.40. The van der Waals surface area contributed by atoms with Crippen molar-refractivity contribution in [3.8, 4) is 0 Å². The van der Waals surface area contributed by atoms with E-state index in [1.54, 1.807) is 12.1 Å². The zero-order valence-electron chi connectivity index (χ0n) is 10.7. The summed E-state index contributed by atoms with van der Waals surface area (Å²) in [4.78, 5) is 16.0. The van der Waals surface area contributed by atoms with Crippen LogP contribution in [0, 0.1) is 5.82 Å². The predicted octanol–water partition coefficient (Wildman–Crippen LogP) is 3.93. The molecular formula is C16H9BrFNO2. The summed E-state index contributed by atoms with van der Waals surface area (Å²) in [6.45, 7) is 0. The van der Waals surface area contributed by atoms with E-state index < -0.39 is 11.8 Å². The van der Waals surface area contributed by atoms with Crippen LogP contribution in [-0.4, -0.2) is 11.9 Å². The van der Waals surface area contributed by atoms with Gasteiger partial charge in [0.15, 0.2) is 5.70 Å². The molecule has 0 saturated heterocycles. The van der Waals surface area contributed by atoms with E-state index >= 15 is 0 Å². The lowest BCUT2D eigenvalue weighted by molar-refractivity contribution is -0.129. The fourth-order valence-electron chi connectivity index (χ4n) is 1.89. The molecule has 0 bridgehead atoms. The molecule has 0 fully saturated rings. The second kappa shape index (κ2) is 5.61. The van der Waals surface area contributed by atoms with Gasteiger partial charge in [0.25, 0.3) is 0 Å². The molecule has 0 saturated carbocycles. The Labute approximate surface area is 128 Å². The third-order valence-electron chi connectivity index (χ3n) is 2.89. The Morgan fingerprint density at radius 3 is 2.71 bits per heavy atom. The number of aliphatic imine (C=N–C) groups is 1. The highest BCUT2D eigenvalue weighted by Gasteiger charge is 2.24. The highest BCUT2D eigenvalue weighted by molar-refractivity contribution is 9.10. The first-order valence-corrected chi connectivity index (χ1v) is 6.96. The molecule has 0 aromatic heterocycles. The minimum atomic E-state index is -0.551. The third kappa shape index (κ3) is 2.92. The molecule has 1 aliphatic rings. The van der Waals surface area contributed by atoms with Gasteiger partial charge in [0, 0.05) is 10.0 Å². The Bertz CT molecular complexity index is 783. The van der Waals surface area contributed by atoms with Gasteiger partial charge in [-0.3, -0.25) is 0 Å². The van der Waals surface area contributed by atoms with Crippen molar-refractivity contribution >= 4 is 33.9 Å². The van der Waals surface area contributed by atoms with Crippen molar-refractivity contribution in [1.29, 1.82) is 0 Å². The van der Waals surface area contributed by atoms with Crippen molar-refractivity contribution in [2.24, 2.45) is 4.99 Å². The molecule has 2 aromatic carbocycles. The minimum Gasteiger partial charge on any atom is -0.402 e. The largest absolute Gasteiger partial charge is 0.402 e. The molecule has 1 heterocycles. The standard InChI is InChI=1S/C16H9BrFNO2/c17-13-7-2-1-4-10(13)9-14-16(20)21-15(19-14)11-5-3-6-12(18)8-11/h1-9H/b14-9+. The van der Waals surface area contributed by atoms with Crippen LogP contribution in [0.25, 0.3) is 6.08 Å². The number of carbonyl (C=O) groups is 1. The van der Waals surface area contributed by atoms with Crippen molar-refractivity contribution < 1.29 is 13.9 Å². The number of halogens is 2. The zero-order valence-corrected chi connectivity index (χ0v) is 12.3. The van der Waals surface area contributed by atoms with E-state index in [-0.39, 0.29) is 11.6 Å². The Morgan fingerprint density at radius 2 is 1.95 bits per heavy atom. The summed E-state index contributed by atoms with van der Waals surface area (Å²) in [5, 5.41) is 0. The van der Waals surface area contributed by atoms with Crippen LogP contribution >= 0.6 is 15.9 Å². The van der Waals surface area contributed by atoms with Crippen molar-refractivity contribution in [3.63, 3.8) is 0 Å². The molecule has 5 heteroatoms. The molecule has 0 amide bonds. The molecule has 0 unspecified atom stereocenters. The van der Waals surface area contributed by atoms with Crippen LogP contribution in [-0.2, 0) is 9.53 Å². The monoisotopic (exact) mass is 345 g/mol. The zero-order chi connectivity index (χ0) is 14.8. The minimum absolute atomic E-state index is 0.109. The fraction of sp³-hybridized carbons (Fsp3) is 0. The maximum Gasteiger partial charge on any atom is 0.363 e. The van der Waals surface area contributed by atoms with Gasteiger partial charge >= 0.3 is 5.97 Å². The normalized spacial score (nSPS) is 16.0. The molecule has 2 aromatic rings. The summed E-state index contributed by atoms with van der Waals surface area (Å²) in [5.74, 6) is -0.850. The molecule has 21 heavy (non-hydrogen) atoms. The van der Waals surface area contributed by atoms with Crippen LogP contribution < -0.4 is 0 Å². The maximum atomic E-state index is 13.2. The highest BCUT2D eigenvalue weighted by Crippen LogP contribution is 2.23. The van der Waals surface area contributed by atoms with Gasteiger partial charge < -0.3 is 4.74 Å². The van der Waals surface area contributed by atoms with Crippen LogP contribution in [0.4, 0.5) is 4.39 Å². The van der Waals surface area contributed by atoms with Crippen molar-refractivity contribution in [1.82, 2.24) is 0 Å². The molecule has 0 N–H and O–H groups in total. The number of esters is 1. The summed E-state index contributed by atoms with van der Waals surface area (Å²) in [5.41, 5.74) is 1.42. The average molecular weight is 346 g/mol. The number of nitrogens with zero attached hydrogens (tertiary/aromatic N) is 1. The Hall–Kier alpha value is -2.27. The van der Waals surface area contributed by atoms with Gasteiger partial charge in [-0.05, 0) is 35.9 Å². The number of rotatable bonds is 2. The van der Waals surface area contributed by atoms with Crippen LogP contribution in [0.5, 0.6) is 0 Å². The van der Waals surface area contributed by atoms with E-state index in [0.29, 0.717) is 5.56 Å². The average Bonchev–Trinajstić information content (AvgIpc) is 2.83. The molecule has 1 aliphatic heterocycles. The summed E-state index contributed by atoms with van der Waals surface area (Å²) in [7, 11) is 0. The first-order valence-electron chi connectivity index (χ1n) is 6.16. The second-order valence-electron chi connectivity index (χ2n) is 4.37. The molecule has 0 spiro atoms. The van der Waals surface area contributed by atoms with Gasteiger partial charge in [-0.1, -0.05) is 40.2 Å². The summed E-state index contributed by atoms with van der Waals surface area (Å²) < 4.78 is 19.1. The summed E-state index contributed by atoms with van der Waals surface area (Å²) in [6, 6.07) is 13.2. The SMILES string of the molecule is O=C1OC(c2cccc(F)c2)=N/C1=C/c1ccccc1Br. The van der Waals surface area contributed by atoms with Gasteiger partial charge in [0.1, 0.15) is 5.82 Å². The van der Waals surface area contributed by atoms with Gasteiger partial charge in [-0.15, -0.1) is 0 Å². The fourth-order valence-corrected chi connectivity index (χ4v) is 2.29. The smallest absolute Gasteiger partial charge is 0.363 e. The van der Waals surface area contributed by atoms with Crippen LogP contribution in [0.2, 0.25) is 0 Å². The van der Waals surface area contributed by atoms with Crippen LogP contribution in [0.1, 0.15) is 11.1 Å². The molecular weight excluding hydrogens is 337 g/mol. The Kier molecular flexibility index (Phi) is 3.66. The highest BCUT2D eigenvalue weighted by atomic mass is 79.9. The van der Waals surface area contributed by atoms with Gasteiger partial charge in [-0.25, -0.2) is 14.2 Å². The molecule has 3 nitrogen and oxygen atoms in total. The number of hydrogen-bond acceptors (Lipinski definition) is 3. The van der Waals surface area contributed by atoms with E-state index in [4.69, 9.17) is 4.74 Å². The number of benzene rings is 2. The van der Waals surface area contributed by atoms with Crippen LogP contribution in [0.3, 0.4) is 0 Å². The number of cyclic esters (lactones) is 1. The Balaban J connectivity index is 1.98. The van der Waals surface area contributed by atoms with Gasteiger partial charge in [0.05, 0.1) is 0 Å². The lowest BCUT2D eigenvalue weighted by Gasteiger charge is -1.98.